The number of carboxylic acid groups (broad SMARTS) is 1. The number of ether oxygens (including phenoxy) is 2. The minimum absolute atomic E-state index is 0.0536. The minimum Gasteiger partial charge on any atom is -0.497 e. The summed E-state index contributed by atoms with van der Waals surface area (Å²) in [6.07, 6.45) is 0.451. The van der Waals surface area contributed by atoms with E-state index in [1.165, 1.54) is 0 Å². The Morgan fingerprint density at radius 3 is 2.67 bits per heavy atom. The van der Waals surface area contributed by atoms with Gasteiger partial charge in [0.1, 0.15) is 5.75 Å². The van der Waals surface area contributed by atoms with Crippen LogP contribution in [0.15, 0.2) is 18.2 Å². The lowest BCUT2D eigenvalue weighted by molar-refractivity contribution is -0.137. The van der Waals surface area contributed by atoms with Crippen molar-refractivity contribution >= 4 is 5.97 Å². The first-order valence-electron chi connectivity index (χ1n) is 5.71. The second-order valence-electron chi connectivity index (χ2n) is 4.09. The maximum absolute atomic E-state index is 10.5. The molecule has 0 bridgehead atoms. The summed E-state index contributed by atoms with van der Waals surface area (Å²) in [5.41, 5.74) is 7.79. The van der Waals surface area contributed by atoms with E-state index < -0.39 is 5.97 Å². The smallest absolute Gasteiger partial charge is 0.303 e. The van der Waals surface area contributed by atoms with Gasteiger partial charge in [-0.3, -0.25) is 4.79 Å². The average Bonchev–Trinajstić information content (AvgIpc) is 2.35. The van der Waals surface area contributed by atoms with Gasteiger partial charge in [0.25, 0.3) is 0 Å². The van der Waals surface area contributed by atoms with Crippen LogP contribution in [0.4, 0.5) is 0 Å². The van der Waals surface area contributed by atoms with Gasteiger partial charge in [0.2, 0.25) is 0 Å². The van der Waals surface area contributed by atoms with Crippen molar-refractivity contribution < 1.29 is 19.4 Å². The number of hydrogen-bond acceptors (Lipinski definition) is 4. The molecular weight excluding hydrogens is 234 g/mol. The van der Waals surface area contributed by atoms with E-state index in [0.717, 1.165) is 11.1 Å². The zero-order valence-corrected chi connectivity index (χ0v) is 10.7. The Hall–Kier alpha value is -1.59. The van der Waals surface area contributed by atoms with E-state index in [-0.39, 0.29) is 12.5 Å². The van der Waals surface area contributed by atoms with Crippen molar-refractivity contribution in [1.29, 1.82) is 0 Å². The fraction of sp³-hybridized carbons (Fsp3) is 0.462. The molecule has 0 aliphatic rings. The lowest BCUT2D eigenvalue weighted by Gasteiger charge is -2.14. The summed E-state index contributed by atoms with van der Waals surface area (Å²) < 4.78 is 10.3. The SMILES string of the molecule is COCc1cc(OC)cc(C(N)CCC(=O)O)c1. The molecule has 0 heterocycles. The van der Waals surface area contributed by atoms with E-state index in [4.69, 9.17) is 20.3 Å². The zero-order chi connectivity index (χ0) is 13.5. The Labute approximate surface area is 107 Å². The van der Waals surface area contributed by atoms with E-state index in [0.29, 0.717) is 18.8 Å². The number of carboxylic acids is 1. The summed E-state index contributed by atoms with van der Waals surface area (Å²) in [6.45, 7) is 0.468. The Bertz CT molecular complexity index is 406. The highest BCUT2D eigenvalue weighted by atomic mass is 16.5. The summed E-state index contributed by atoms with van der Waals surface area (Å²) in [7, 11) is 3.20. The predicted octanol–water partition coefficient (Wildman–Crippen LogP) is 1.71. The lowest BCUT2D eigenvalue weighted by atomic mass is 10.0. The number of methoxy groups -OCH3 is 2. The van der Waals surface area contributed by atoms with Gasteiger partial charge in [0.05, 0.1) is 13.7 Å². The molecule has 18 heavy (non-hydrogen) atoms. The molecule has 0 aliphatic heterocycles. The van der Waals surface area contributed by atoms with Gasteiger partial charge in [-0.15, -0.1) is 0 Å². The Morgan fingerprint density at radius 1 is 1.39 bits per heavy atom. The van der Waals surface area contributed by atoms with Gasteiger partial charge >= 0.3 is 5.97 Å². The molecule has 0 fully saturated rings. The predicted molar refractivity (Wildman–Crippen MR) is 67.5 cm³/mol. The van der Waals surface area contributed by atoms with E-state index in [2.05, 4.69) is 0 Å². The molecule has 0 radical (unpaired) electrons. The van der Waals surface area contributed by atoms with Crippen LogP contribution < -0.4 is 10.5 Å². The molecule has 0 aliphatic carbocycles. The molecule has 0 saturated heterocycles. The van der Waals surface area contributed by atoms with Crippen LogP contribution in [0.2, 0.25) is 0 Å². The number of hydrogen-bond donors (Lipinski definition) is 2. The van der Waals surface area contributed by atoms with E-state index in [1.807, 2.05) is 18.2 Å². The third-order valence-electron chi connectivity index (χ3n) is 2.63. The van der Waals surface area contributed by atoms with Crippen LogP contribution in [-0.2, 0) is 16.1 Å². The first-order valence-corrected chi connectivity index (χ1v) is 5.71. The Balaban J connectivity index is 2.85. The van der Waals surface area contributed by atoms with Crippen LogP contribution in [0.5, 0.6) is 5.75 Å². The standard InChI is InChI=1S/C13H19NO4/c1-17-8-9-5-10(7-11(6-9)18-2)12(14)3-4-13(15)16/h5-7,12H,3-4,8,14H2,1-2H3,(H,15,16). The highest BCUT2D eigenvalue weighted by Gasteiger charge is 2.11. The molecule has 5 nitrogen and oxygen atoms in total. The van der Waals surface area contributed by atoms with Crippen LogP contribution >= 0.6 is 0 Å². The molecule has 0 spiro atoms. The van der Waals surface area contributed by atoms with Crippen LogP contribution in [0.3, 0.4) is 0 Å². The number of benzene rings is 1. The van der Waals surface area contributed by atoms with E-state index in [1.54, 1.807) is 14.2 Å². The topological polar surface area (TPSA) is 81.8 Å². The minimum atomic E-state index is -0.842. The molecule has 1 unspecified atom stereocenters. The maximum Gasteiger partial charge on any atom is 0.303 e. The maximum atomic E-state index is 10.5. The lowest BCUT2D eigenvalue weighted by Crippen LogP contribution is -2.13. The van der Waals surface area contributed by atoms with Gasteiger partial charge in [0.15, 0.2) is 0 Å². The summed E-state index contributed by atoms with van der Waals surface area (Å²) in [6, 6.07) is 5.30. The van der Waals surface area contributed by atoms with Gasteiger partial charge in [-0.25, -0.2) is 0 Å². The van der Waals surface area contributed by atoms with Crippen molar-refractivity contribution in [2.24, 2.45) is 5.73 Å². The van der Waals surface area contributed by atoms with Crippen molar-refractivity contribution in [3.05, 3.63) is 29.3 Å². The second kappa shape index (κ2) is 6.98. The molecule has 0 amide bonds. The van der Waals surface area contributed by atoms with Crippen LogP contribution in [0.1, 0.15) is 30.0 Å². The van der Waals surface area contributed by atoms with Crippen molar-refractivity contribution in [2.45, 2.75) is 25.5 Å². The fourth-order valence-corrected chi connectivity index (χ4v) is 1.71. The summed E-state index contributed by atoms with van der Waals surface area (Å²) in [5.74, 6) is -0.143. The fourth-order valence-electron chi connectivity index (χ4n) is 1.71. The van der Waals surface area contributed by atoms with Crippen LogP contribution in [0.25, 0.3) is 0 Å². The molecule has 0 aromatic heterocycles. The monoisotopic (exact) mass is 253 g/mol. The third kappa shape index (κ3) is 4.35. The average molecular weight is 253 g/mol. The third-order valence-corrected chi connectivity index (χ3v) is 2.63. The molecule has 1 aromatic rings. The van der Waals surface area contributed by atoms with Crippen molar-refractivity contribution in [2.75, 3.05) is 14.2 Å². The number of rotatable bonds is 7. The Morgan fingerprint density at radius 2 is 2.11 bits per heavy atom. The first kappa shape index (κ1) is 14.5. The molecule has 5 heteroatoms. The quantitative estimate of drug-likeness (QED) is 0.773. The largest absolute Gasteiger partial charge is 0.497 e. The first-order chi connectivity index (χ1) is 8.56. The van der Waals surface area contributed by atoms with E-state index >= 15 is 0 Å². The van der Waals surface area contributed by atoms with Gasteiger partial charge in [-0.2, -0.15) is 0 Å². The second-order valence-corrected chi connectivity index (χ2v) is 4.09. The molecule has 1 atom stereocenters. The number of carbonyl (C=O) groups is 1. The van der Waals surface area contributed by atoms with Gasteiger partial charge in [-0.1, -0.05) is 6.07 Å². The van der Waals surface area contributed by atoms with E-state index in [9.17, 15) is 4.79 Å². The highest BCUT2D eigenvalue weighted by molar-refractivity contribution is 5.66. The molecule has 100 valence electrons. The van der Waals surface area contributed by atoms with Crippen molar-refractivity contribution in [3.8, 4) is 5.75 Å². The van der Waals surface area contributed by atoms with Crippen LogP contribution in [0, 0.1) is 0 Å². The van der Waals surface area contributed by atoms with Crippen LogP contribution in [-0.4, -0.2) is 25.3 Å². The highest BCUT2D eigenvalue weighted by Crippen LogP contribution is 2.23. The molecule has 1 rings (SSSR count). The summed E-state index contributed by atoms with van der Waals surface area (Å²) >= 11 is 0. The van der Waals surface area contributed by atoms with Gasteiger partial charge in [0, 0.05) is 19.6 Å². The number of aliphatic carboxylic acids is 1. The Kier molecular flexibility index (Phi) is 5.61. The van der Waals surface area contributed by atoms with Gasteiger partial charge < -0.3 is 20.3 Å². The molecule has 0 saturated carbocycles. The van der Waals surface area contributed by atoms with Gasteiger partial charge in [-0.05, 0) is 29.7 Å². The number of nitrogens with two attached hydrogens (primary N) is 1. The normalized spacial score (nSPS) is 12.2. The zero-order valence-electron chi connectivity index (χ0n) is 10.7. The molecular formula is C13H19NO4. The summed E-state index contributed by atoms with van der Waals surface area (Å²) in [4.78, 5) is 10.5. The van der Waals surface area contributed by atoms with Crippen molar-refractivity contribution in [3.63, 3.8) is 0 Å². The molecule has 1 aromatic carbocycles. The molecule has 3 N–H and O–H groups in total. The summed E-state index contributed by atoms with van der Waals surface area (Å²) in [5, 5.41) is 8.65. The van der Waals surface area contributed by atoms with Crippen molar-refractivity contribution in [1.82, 2.24) is 0 Å².